The Morgan fingerprint density at radius 1 is 1.21 bits per heavy atom. The standard InChI is InChI=1S/C13H24O/c1-13(2,3)10-6-8-11-7-4-5-9-12(11)14/h6,8,11-12,14H,4-5,7,9-10H2,1-3H3/b8-6+. The van der Waals surface area contributed by atoms with Crippen LogP contribution >= 0.6 is 0 Å². The molecule has 0 amide bonds. The number of aliphatic hydroxyl groups excluding tert-OH is 1. The Kier molecular flexibility index (Phi) is 4.18. The van der Waals surface area contributed by atoms with Crippen LogP contribution in [0.15, 0.2) is 12.2 Å². The van der Waals surface area contributed by atoms with E-state index in [0.717, 1.165) is 12.8 Å². The summed E-state index contributed by atoms with van der Waals surface area (Å²) < 4.78 is 0. The molecular formula is C13H24O. The SMILES string of the molecule is CC(C)(C)C/C=C/C1CCCCC1O. The summed E-state index contributed by atoms with van der Waals surface area (Å²) in [5, 5.41) is 9.75. The third-order valence-corrected chi connectivity index (χ3v) is 2.90. The van der Waals surface area contributed by atoms with E-state index in [9.17, 15) is 5.11 Å². The lowest BCUT2D eigenvalue weighted by molar-refractivity contribution is 0.0925. The molecule has 2 atom stereocenters. The van der Waals surface area contributed by atoms with E-state index in [2.05, 4.69) is 32.9 Å². The molecule has 1 fully saturated rings. The smallest absolute Gasteiger partial charge is 0.0602 e. The molecule has 1 nitrogen and oxygen atoms in total. The van der Waals surface area contributed by atoms with Gasteiger partial charge in [0, 0.05) is 5.92 Å². The van der Waals surface area contributed by atoms with Crippen molar-refractivity contribution in [1.82, 2.24) is 0 Å². The summed E-state index contributed by atoms with van der Waals surface area (Å²) >= 11 is 0. The van der Waals surface area contributed by atoms with Crippen LogP contribution in [0.25, 0.3) is 0 Å². The first kappa shape index (κ1) is 11.8. The van der Waals surface area contributed by atoms with Gasteiger partial charge in [0.15, 0.2) is 0 Å². The first-order chi connectivity index (χ1) is 6.49. The summed E-state index contributed by atoms with van der Waals surface area (Å²) in [7, 11) is 0. The van der Waals surface area contributed by atoms with Crippen LogP contribution in [0.1, 0.15) is 52.9 Å². The first-order valence-electron chi connectivity index (χ1n) is 5.84. The Labute approximate surface area is 88.2 Å². The Balaban J connectivity index is 2.34. The minimum atomic E-state index is -0.0834. The van der Waals surface area contributed by atoms with Gasteiger partial charge in [-0.05, 0) is 24.7 Å². The third-order valence-electron chi connectivity index (χ3n) is 2.90. The molecule has 14 heavy (non-hydrogen) atoms. The number of allylic oxidation sites excluding steroid dienone is 1. The van der Waals surface area contributed by atoms with Crippen molar-refractivity contribution in [2.45, 2.75) is 59.0 Å². The van der Waals surface area contributed by atoms with Crippen LogP contribution in [0.3, 0.4) is 0 Å². The molecule has 0 aromatic rings. The van der Waals surface area contributed by atoms with Crippen molar-refractivity contribution < 1.29 is 5.11 Å². The Morgan fingerprint density at radius 3 is 2.43 bits per heavy atom. The van der Waals surface area contributed by atoms with Gasteiger partial charge in [0.2, 0.25) is 0 Å². The fourth-order valence-electron chi connectivity index (χ4n) is 1.96. The highest BCUT2D eigenvalue weighted by Gasteiger charge is 2.20. The Hall–Kier alpha value is -0.300. The summed E-state index contributed by atoms with van der Waals surface area (Å²) in [4.78, 5) is 0. The largest absolute Gasteiger partial charge is 0.393 e. The van der Waals surface area contributed by atoms with Gasteiger partial charge in [-0.3, -0.25) is 0 Å². The van der Waals surface area contributed by atoms with Gasteiger partial charge in [0.1, 0.15) is 0 Å². The lowest BCUT2D eigenvalue weighted by Gasteiger charge is -2.25. The fourth-order valence-corrected chi connectivity index (χ4v) is 1.96. The molecular weight excluding hydrogens is 172 g/mol. The van der Waals surface area contributed by atoms with Crippen LogP contribution in [0.5, 0.6) is 0 Å². The zero-order valence-electron chi connectivity index (χ0n) is 9.79. The predicted molar refractivity (Wildman–Crippen MR) is 61.2 cm³/mol. The predicted octanol–water partition coefficient (Wildman–Crippen LogP) is 3.53. The Morgan fingerprint density at radius 2 is 1.86 bits per heavy atom. The van der Waals surface area contributed by atoms with Crippen molar-refractivity contribution in [1.29, 1.82) is 0 Å². The van der Waals surface area contributed by atoms with E-state index in [1.54, 1.807) is 0 Å². The van der Waals surface area contributed by atoms with Crippen LogP contribution < -0.4 is 0 Å². The summed E-state index contributed by atoms with van der Waals surface area (Å²) in [6.45, 7) is 6.73. The molecule has 0 aromatic heterocycles. The zero-order valence-corrected chi connectivity index (χ0v) is 9.79. The van der Waals surface area contributed by atoms with E-state index < -0.39 is 0 Å². The molecule has 1 aliphatic rings. The minimum absolute atomic E-state index is 0.0834. The van der Waals surface area contributed by atoms with E-state index in [1.165, 1.54) is 19.3 Å². The molecule has 1 heteroatoms. The highest BCUT2D eigenvalue weighted by Crippen LogP contribution is 2.26. The van der Waals surface area contributed by atoms with E-state index in [0.29, 0.717) is 11.3 Å². The van der Waals surface area contributed by atoms with Crippen LogP contribution in [0, 0.1) is 11.3 Å². The molecule has 82 valence electrons. The normalized spacial score (nSPS) is 29.7. The quantitative estimate of drug-likeness (QED) is 0.670. The van der Waals surface area contributed by atoms with Crippen LogP contribution in [-0.4, -0.2) is 11.2 Å². The summed E-state index contributed by atoms with van der Waals surface area (Å²) in [6.07, 6.45) is 10.1. The molecule has 0 spiro atoms. The van der Waals surface area contributed by atoms with E-state index in [-0.39, 0.29) is 6.10 Å². The van der Waals surface area contributed by atoms with Crippen molar-refractivity contribution >= 4 is 0 Å². The van der Waals surface area contributed by atoms with Crippen LogP contribution in [-0.2, 0) is 0 Å². The highest BCUT2D eigenvalue weighted by molar-refractivity contribution is 4.95. The maximum atomic E-state index is 9.75. The van der Waals surface area contributed by atoms with Gasteiger partial charge in [0.25, 0.3) is 0 Å². The average molecular weight is 196 g/mol. The van der Waals surface area contributed by atoms with Gasteiger partial charge >= 0.3 is 0 Å². The van der Waals surface area contributed by atoms with Crippen molar-refractivity contribution in [3.05, 3.63) is 12.2 Å². The number of hydrogen-bond acceptors (Lipinski definition) is 1. The third kappa shape index (κ3) is 4.28. The van der Waals surface area contributed by atoms with Crippen LogP contribution in [0.4, 0.5) is 0 Å². The molecule has 1 saturated carbocycles. The zero-order chi connectivity index (χ0) is 10.6. The molecule has 1 aliphatic carbocycles. The van der Waals surface area contributed by atoms with Crippen LogP contribution in [0.2, 0.25) is 0 Å². The fraction of sp³-hybridized carbons (Fsp3) is 0.846. The molecule has 0 radical (unpaired) electrons. The summed E-state index contributed by atoms with van der Waals surface area (Å²) in [5.74, 6) is 0.422. The maximum Gasteiger partial charge on any atom is 0.0602 e. The maximum absolute atomic E-state index is 9.75. The molecule has 0 saturated heterocycles. The topological polar surface area (TPSA) is 20.2 Å². The molecule has 1 N–H and O–H groups in total. The van der Waals surface area contributed by atoms with Crippen molar-refractivity contribution in [2.24, 2.45) is 11.3 Å². The van der Waals surface area contributed by atoms with Crippen molar-refractivity contribution in [2.75, 3.05) is 0 Å². The highest BCUT2D eigenvalue weighted by atomic mass is 16.3. The number of hydrogen-bond donors (Lipinski definition) is 1. The lowest BCUT2D eigenvalue weighted by atomic mass is 9.85. The summed E-state index contributed by atoms with van der Waals surface area (Å²) in [5.41, 5.74) is 0.371. The van der Waals surface area contributed by atoms with Gasteiger partial charge in [-0.1, -0.05) is 45.8 Å². The van der Waals surface area contributed by atoms with E-state index in [1.807, 2.05) is 0 Å². The van der Waals surface area contributed by atoms with Crippen molar-refractivity contribution in [3.8, 4) is 0 Å². The Bertz CT molecular complexity index is 188. The summed E-state index contributed by atoms with van der Waals surface area (Å²) in [6, 6.07) is 0. The molecule has 0 heterocycles. The molecule has 1 rings (SSSR count). The van der Waals surface area contributed by atoms with Crippen molar-refractivity contribution in [3.63, 3.8) is 0 Å². The second kappa shape index (κ2) is 4.97. The van der Waals surface area contributed by atoms with Gasteiger partial charge in [-0.25, -0.2) is 0 Å². The second-order valence-electron chi connectivity index (χ2n) is 5.71. The van der Waals surface area contributed by atoms with E-state index in [4.69, 9.17) is 0 Å². The molecule has 2 unspecified atom stereocenters. The minimum Gasteiger partial charge on any atom is -0.393 e. The number of aliphatic hydroxyl groups is 1. The average Bonchev–Trinajstić information content (AvgIpc) is 2.06. The number of rotatable bonds is 2. The molecule has 0 aromatic carbocycles. The molecule has 0 aliphatic heterocycles. The van der Waals surface area contributed by atoms with Gasteiger partial charge in [0.05, 0.1) is 6.10 Å². The molecule has 0 bridgehead atoms. The first-order valence-corrected chi connectivity index (χ1v) is 5.84. The lowest BCUT2D eigenvalue weighted by Crippen LogP contribution is -2.22. The van der Waals surface area contributed by atoms with Gasteiger partial charge < -0.3 is 5.11 Å². The monoisotopic (exact) mass is 196 g/mol. The van der Waals surface area contributed by atoms with Gasteiger partial charge in [-0.2, -0.15) is 0 Å². The van der Waals surface area contributed by atoms with Gasteiger partial charge in [-0.15, -0.1) is 0 Å². The van der Waals surface area contributed by atoms with E-state index >= 15 is 0 Å². The second-order valence-corrected chi connectivity index (χ2v) is 5.71.